The minimum absolute atomic E-state index is 0.600. The van der Waals surface area contributed by atoms with Gasteiger partial charge in [0.25, 0.3) is 0 Å². The number of benzene rings is 7. The predicted octanol–water partition coefficient (Wildman–Crippen LogP) is 12.1. The van der Waals surface area contributed by atoms with Crippen molar-refractivity contribution in [2.45, 2.75) is 5.41 Å². The van der Waals surface area contributed by atoms with Crippen LogP contribution in [-0.4, -0.2) is 19.9 Å². The third-order valence-electron chi connectivity index (χ3n) is 11.1. The van der Waals surface area contributed by atoms with Gasteiger partial charge in [0.2, 0.25) is 0 Å². The molecule has 0 unspecified atom stereocenters. The minimum atomic E-state index is -0.730. The number of rotatable bonds is 4. The van der Waals surface area contributed by atoms with Crippen LogP contribution >= 0.6 is 0 Å². The molecule has 0 radical (unpaired) electrons. The summed E-state index contributed by atoms with van der Waals surface area (Å²) < 4.78 is 6.70. The monoisotopic (exact) mass is 716 g/mol. The number of aromatic nitrogens is 4. The number of hydrogen-bond donors (Lipinski definition) is 0. The first-order valence-electron chi connectivity index (χ1n) is 18.8. The Morgan fingerprint density at radius 2 is 0.821 bits per heavy atom. The highest BCUT2D eigenvalue weighted by molar-refractivity contribution is 5.94. The summed E-state index contributed by atoms with van der Waals surface area (Å²) in [6, 6.07) is 63.8. The predicted molar refractivity (Wildman–Crippen MR) is 222 cm³/mol. The molecule has 1 aliphatic carbocycles. The van der Waals surface area contributed by atoms with Gasteiger partial charge >= 0.3 is 0 Å². The maximum absolute atomic E-state index is 6.70. The van der Waals surface area contributed by atoms with Crippen LogP contribution in [0.2, 0.25) is 0 Å². The summed E-state index contributed by atoms with van der Waals surface area (Å²) in [6.45, 7) is 0. The van der Waals surface area contributed by atoms with E-state index in [4.69, 9.17) is 19.7 Å². The van der Waals surface area contributed by atoms with Crippen LogP contribution in [0.5, 0.6) is 11.5 Å². The molecule has 7 aromatic carbocycles. The van der Waals surface area contributed by atoms with Crippen LogP contribution in [0.15, 0.2) is 194 Å². The number of pyridine rings is 1. The smallest absolute Gasteiger partial charge is 0.164 e. The zero-order valence-electron chi connectivity index (χ0n) is 30.2. The summed E-state index contributed by atoms with van der Waals surface area (Å²) in [5.41, 5.74) is 13.3. The molecule has 0 amide bonds. The van der Waals surface area contributed by atoms with Crippen molar-refractivity contribution in [1.82, 2.24) is 19.9 Å². The number of fused-ring (bicyclic) bond motifs is 11. The Bertz CT molecular complexity index is 2900. The summed E-state index contributed by atoms with van der Waals surface area (Å²) >= 11 is 0. The molecule has 3 heterocycles. The van der Waals surface area contributed by atoms with E-state index in [9.17, 15) is 0 Å². The lowest BCUT2D eigenvalue weighted by Gasteiger charge is -2.42. The third-order valence-corrected chi connectivity index (χ3v) is 11.1. The molecule has 1 aliphatic heterocycles. The van der Waals surface area contributed by atoms with Crippen molar-refractivity contribution in [3.8, 4) is 79.0 Å². The number of nitrogens with zero attached hydrogens (tertiary/aromatic N) is 4. The summed E-state index contributed by atoms with van der Waals surface area (Å²) in [5, 5.41) is 0. The molecule has 0 fully saturated rings. The van der Waals surface area contributed by atoms with Gasteiger partial charge in [0.1, 0.15) is 11.5 Å². The van der Waals surface area contributed by atoms with Gasteiger partial charge < -0.3 is 4.74 Å². The molecular weight excluding hydrogens is 685 g/mol. The third kappa shape index (κ3) is 4.95. The lowest BCUT2D eigenvalue weighted by atomic mass is 9.62. The van der Waals surface area contributed by atoms with Gasteiger partial charge in [0, 0.05) is 40.2 Å². The van der Waals surface area contributed by atoms with E-state index in [2.05, 4.69) is 151 Å². The summed E-state index contributed by atoms with van der Waals surface area (Å²) in [6.07, 6.45) is 3.66. The van der Waals surface area contributed by atoms with Gasteiger partial charge in [0.15, 0.2) is 17.5 Å². The molecule has 262 valence electrons. The van der Waals surface area contributed by atoms with Gasteiger partial charge in [-0.05, 0) is 68.8 Å². The van der Waals surface area contributed by atoms with Crippen molar-refractivity contribution >= 4 is 0 Å². The molecule has 0 bridgehead atoms. The van der Waals surface area contributed by atoms with Gasteiger partial charge in [-0.2, -0.15) is 0 Å². The van der Waals surface area contributed by atoms with Gasteiger partial charge in [-0.15, -0.1) is 0 Å². The zero-order chi connectivity index (χ0) is 37.1. The molecular formula is C51H32N4O. The standard InChI is InChI=1S/C51H32N4O/c1-2-13-34(14-3-1)48-53-49(35-26-24-33(25-27-35)37-15-12-30-52-32-37)55-50(54-48)36-28-29-41-39-17-5-4-16-38(39)40-18-6-7-19-42(40)51(45(41)31-36)43-20-8-10-22-46(43)56-47-23-11-9-21-44(47)51/h1-32H. The van der Waals surface area contributed by atoms with E-state index < -0.39 is 5.41 Å². The zero-order valence-corrected chi connectivity index (χ0v) is 30.2. The van der Waals surface area contributed by atoms with Gasteiger partial charge in [-0.25, -0.2) is 15.0 Å². The maximum Gasteiger partial charge on any atom is 0.164 e. The Labute approximate surface area is 324 Å². The van der Waals surface area contributed by atoms with Crippen LogP contribution in [0.1, 0.15) is 22.3 Å². The first kappa shape index (κ1) is 32.0. The molecule has 5 nitrogen and oxygen atoms in total. The molecule has 0 saturated carbocycles. The van der Waals surface area contributed by atoms with Gasteiger partial charge in [-0.3, -0.25) is 4.98 Å². The fraction of sp³-hybridized carbons (Fsp3) is 0.0196. The Morgan fingerprint density at radius 3 is 1.46 bits per heavy atom. The second kappa shape index (κ2) is 12.8. The Kier molecular flexibility index (Phi) is 7.32. The SMILES string of the molecule is c1ccc(-c2nc(-c3ccc(-c4cccnc4)cc3)nc(-c3ccc4c(c3)C3(c5ccccc5Oc5ccccc53)c3ccccc3-c3ccccc3-4)n2)cc1. The molecule has 11 rings (SSSR count). The number of para-hydroxylation sites is 2. The van der Waals surface area contributed by atoms with E-state index in [1.54, 1.807) is 6.20 Å². The molecule has 0 atom stereocenters. The average Bonchev–Trinajstić information content (AvgIpc) is 3.38. The van der Waals surface area contributed by atoms with Gasteiger partial charge in [0.05, 0.1) is 5.41 Å². The fourth-order valence-corrected chi connectivity index (χ4v) is 8.64. The Balaban J connectivity index is 1.19. The quantitative estimate of drug-likeness (QED) is 0.181. The summed E-state index contributed by atoms with van der Waals surface area (Å²) in [4.78, 5) is 19.8. The lowest BCUT2D eigenvalue weighted by molar-refractivity contribution is 0.435. The second-order valence-corrected chi connectivity index (χ2v) is 14.2. The Hall–Kier alpha value is -7.50. The molecule has 56 heavy (non-hydrogen) atoms. The second-order valence-electron chi connectivity index (χ2n) is 14.2. The molecule has 0 N–H and O–H groups in total. The first-order chi connectivity index (χ1) is 27.8. The van der Waals surface area contributed by atoms with Crippen molar-refractivity contribution in [1.29, 1.82) is 0 Å². The van der Waals surface area contributed by atoms with Crippen LogP contribution in [0.4, 0.5) is 0 Å². The van der Waals surface area contributed by atoms with Crippen molar-refractivity contribution in [2.75, 3.05) is 0 Å². The van der Waals surface area contributed by atoms with E-state index in [1.807, 2.05) is 42.6 Å². The van der Waals surface area contributed by atoms with Crippen LogP contribution in [0.3, 0.4) is 0 Å². The van der Waals surface area contributed by atoms with Crippen LogP contribution in [-0.2, 0) is 5.41 Å². The molecule has 9 aromatic rings. The highest BCUT2D eigenvalue weighted by atomic mass is 16.5. The normalized spacial score (nSPS) is 12.9. The minimum Gasteiger partial charge on any atom is -0.457 e. The number of ether oxygens (including phenoxy) is 1. The van der Waals surface area contributed by atoms with E-state index >= 15 is 0 Å². The molecule has 0 saturated heterocycles. The number of hydrogen-bond acceptors (Lipinski definition) is 5. The van der Waals surface area contributed by atoms with Crippen LogP contribution < -0.4 is 4.74 Å². The van der Waals surface area contributed by atoms with E-state index in [0.29, 0.717) is 17.5 Å². The Morgan fingerprint density at radius 1 is 0.339 bits per heavy atom. The van der Waals surface area contributed by atoms with Crippen molar-refractivity contribution < 1.29 is 4.74 Å². The van der Waals surface area contributed by atoms with Crippen LogP contribution in [0, 0.1) is 0 Å². The van der Waals surface area contributed by atoms with E-state index in [0.717, 1.165) is 61.6 Å². The van der Waals surface area contributed by atoms with E-state index in [-0.39, 0.29) is 0 Å². The highest BCUT2D eigenvalue weighted by Crippen LogP contribution is 2.61. The highest BCUT2D eigenvalue weighted by Gasteiger charge is 2.49. The largest absolute Gasteiger partial charge is 0.457 e. The topological polar surface area (TPSA) is 60.8 Å². The fourth-order valence-electron chi connectivity index (χ4n) is 8.64. The molecule has 5 heteroatoms. The molecule has 2 aliphatic rings. The van der Waals surface area contributed by atoms with Crippen molar-refractivity contribution in [2.24, 2.45) is 0 Å². The maximum atomic E-state index is 6.70. The molecule has 2 aromatic heterocycles. The summed E-state index contributed by atoms with van der Waals surface area (Å²) in [7, 11) is 0. The first-order valence-corrected chi connectivity index (χ1v) is 18.8. The lowest BCUT2D eigenvalue weighted by Crippen LogP contribution is -2.34. The average molecular weight is 717 g/mol. The summed E-state index contributed by atoms with van der Waals surface area (Å²) in [5.74, 6) is 3.50. The van der Waals surface area contributed by atoms with Crippen molar-refractivity contribution in [3.05, 3.63) is 217 Å². The molecule has 1 spiro atoms. The van der Waals surface area contributed by atoms with E-state index in [1.165, 1.54) is 22.3 Å². The van der Waals surface area contributed by atoms with Crippen molar-refractivity contribution in [3.63, 3.8) is 0 Å². The van der Waals surface area contributed by atoms with Gasteiger partial charge in [-0.1, -0.05) is 158 Å². The van der Waals surface area contributed by atoms with Crippen LogP contribution in [0.25, 0.3) is 67.5 Å².